The van der Waals surface area contributed by atoms with E-state index in [9.17, 15) is 4.79 Å². The summed E-state index contributed by atoms with van der Waals surface area (Å²) in [6, 6.07) is 13.6. The lowest BCUT2D eigenvalue weighted by Gasteiger charge is -2.11. The zero-order valence-electron chi connectivity index (χ0n) is 15.9. The molecule has 0 aliphatic heterocycles. The van der Waals surface area contributed by atoms with E-state index in [1.54, 1.807) is 17.7 Å². The highest BCUT2D eigenvalue weighted by molar-refractivity contribution is 8.13. The van der Waals surface area contributed by atoms with Crippen molar-refractivity contribution < 1.29 is 0 Å². The van der Waals surface area contributed by atoms with E-state index in [1.807, 2.05) is 18.2 Å². The zero-order valence-corrected chi connectivity index (χ0v) is 16.7. The predicted octanol–water partition coefficient (Wildman–Crippen LogP) is 3.94. The van der Waals surface area contributed by atoms with Crippen molar-refractivity contribution in [3.05, 3.63) is 69.8 Å². The second-order valence-corrected chi connectivity index (χ2v) is 7.28. The van der Waals surface area contributed by atoms with Crippen LogP contribution >= 0.6 is 11.8 Å². The lowest BCUT2D eigenvalue weighted by atomic mass is 10.0. The van der Waals surface area contributed by atoms with Crippen molar-refractivity contribution in [1.82, 2.24) is 9.55 Å². The van der Waals surface area contributed by atoms with Crippen LogP contribution in [0.1, 0.15) is 30.8 Å². The normalized spacial score (nSPS) is 11.9. The minimum atomic E-state index is -0.0451. The standard InChI is InChI=1S/C21H24N4OS/c1-4-14-9-8-10-15(5-2)19(14)24-21(22)27-13-18-23-17-12-7-6-11-16(17)20(26)25(18)3/h6-12H,4-5,13H2,1-3H3,(H2,22,24). The number of amidine groups is 1. The summed E-state index contributed by atoms with van der Waals surface area (Å²) in [5.74, 6) is 1.17. The average Bonchev–Trinajstić information content (AvgIpc) is 2.69. The van der Waals surface area contributed by atoms with E-state index in [1.165, 1.54) is 22.9 Å². The number of para-hydroxylation sites is 2. The van der Waals surface area contributed by atoms with Gasteiger partial charge in [0.25, 0.3) is 5.56 Å². The largest absolute Gasteiger partial charge is 0.378 e. The molecule has 0 saturated heterocycles. The molecule has 3 aromatic rings. The summed E-state index contributed by atoms with van der Waals surface area (Å²) in [6.07, 6.45) is 1.82. The molecule has 27 heavy (non-hydrogen) atoms. The fourth-order valence-electron chi connectivity index (χ4n) is 3.03. The fourth-order valence-corrected chi connectivity index (χ4v) is 3.72. The second kappa shape index (κ2) is 8.39. The molecule has 3 rings (SSSR count). The van der Waals surface area contributed by atoms with Crippen LogP contribution in [0.3, 0.4) is 0 Å². The van der Waals surface area contributed by atoms with Crippen molar-refractivity contribution in [2.75, 3.05) is 0 Å². The van der Waals surface area contributed by atoms with Crippen LogP contribution in [0.5, 0.6) is 0 Å². The molecule has 2 N–H and O–H groups in total. The van der Waals surface area contributed by atoms with Crippen LogP contribution in [0.2, 0.25) is 0 Å². The number of thioether (sulfide) groups is 1. The average molecular weight is 381 g/mol. The molecular weight excluding hydrogens is 356 g/mol. The maximum Gasteiger partial charge on any atom is 0.261 e. The molecule has 2 aromatic carbocycles. The highest BCUT2D eigenvalue weighted by Crippen LogP contribution is 2.27. The summed E-state index contributed by atoms with van der Waals surface area (Å²) in [6.45, 7) is 4.23. The van der Waals surface area contributed by atoms with E-state index < -0.39 is 0 Å². The number of aryl methyl sites for hydroxylation is 2. The molecule has 0 radical (unpaired) electrons. The van der Waals surface area contributed by atoms with Gasteiger partial charge < -0.3 is 5.73 Å². The first-order valence-electron chi connectivity index (χ1n) is 9.07. The van der Waals surface area contributed by atoms with Gasteiger partial charge in [0.15, 0.2) is 5.17 Å². The molecular formula is C21H24N4OS. The van der Waals surface area contributed by atoms with E-state index in [0.29, 0.717) is 27.6 Å². The Bertz CT molecular complexity index is 1030. The molecule has 0 aliphatic rings. The predicted molar refractivity (Wildman–Crippen MR) is 115 cm³/mol. The lowest BCUT2D eigenvalue weighted by molar-refractivity contribution is 0.786. The third kappa shape index (κ3) is 4.06. The summed E-state index contributed by atoms with van der Waals surface area (Å²) in [5.41, 5.74) is 10.2. The van der Waals surface area contributed by atoms with Crippen LogP contribution in [0.15, 0.2) is 52.3 Å². The SMILES string of the molecule is CCc1cccc(CC)c1N=C(N)SCc1nc2ccccc2c(=O)n1C. The van der Waals surface area contributed by atoms with E-state index >= 15 is 0 Å². The van der Waals surface area contributed by atoms with Crippen molar-refractivity contribution in [2.24, 2.45) is 17.8 Å². The van der Waals surface area contributed by atoms with Crippen molar-refractivity contribution in [1.29, 1.82) is 0 Å². The molecule has 0 saturated carbocycles. The summed E-state index contributed by atoms with van der Waals surface area (Å²) < 4.78 is 1.58. The first kappa shape index (κ1) is 19.2. The smallest absolute Gasteiger partial charge is 0.261 e. The van der Waals surface area contributed by atoms with Gasteiger partial charge in [0.1, 0.15) is 5.82 Å². The Morgan fingerprint density at radius 1 is 1.11 bits per heavy atom. The number of rotatable bonds is 5. The Hall–Kier alpha value is -2.60. The molecule has 0 atom stereocenters. The maximum atomic E-state index is 12.5. The summed E-state index contributed by atoms with van der Waals surface area (Å²) in [7, 11) is 1.74. The van der Waals surface area contributed by atoms with Gasteiger partial charge in [-0.1, -0.05) is 55.9 Å². The molecule has 0 fully saturated rings. The van der Waals surface area contributed by atoms with Crippen LogP contribution in [0.25, 0.3) is 10.9 Å². The molecule has 0 unspecified atom stereocenters. The summed E-state index contributed by atoms with van der Waals surface area (Å²) in [5, 5.41) is 1.10. The molecule has 1 heterocycles. The molecule has 0 aliphatic carbocycles. The number of nitrogens with two attached hydrogens (primary N) is 1. The number of hydrogen-bond donors (Lipinski definition) is 1. The minimum Gasteiger partial charge on any atom is -0.378 e. The van der Waals surface area contributed by atoms with Gasteiger partial charge in [-0.3, -0.25) is 9.36 Å². The number of benzene rings is 2. The second-order valence-electron chi connectivity index (χ2n) is 6.28. The van der Waals surface area contributed by atoms with Crippen LogP contribution in [0, 0.1) is 0 Å². The van der Waals surface area contributed by atoms with Gasteiger partial charge in [-0.2, -0.15) is 0 Å². The number of hydrogen-bond acceptors (Lipinski definition) is 4. The van der Waals surface area contributed by atoms with Crippen molar-refractivity contribution in [3.8, 4) is 0 Å². The molecule has 140 valence electrons. The number of fused-ring (bicyclic) bond motifs is 1. The summed E-state index contributed by atoms with van der Waals surface area (Å²) >= 11 is 1.40. The Morgan fingerprint density at radius 3 is 2.44 bits per heavy atom. The third-order valence-electron chi connectivity index (χ3n) is 4.61. The van der Waals surface area contributed by atoms with Gasteiger partial charge in [-0.25, -0.2) is 9.98 Å². The van der Waals surface area contributed by atoms with E-state index in [-0.39, 0.29) is 5.56 Å². The van der Waals surface area contributed by atoms with Crippen LogP contribution in [-0.4, -0.2) is 14.7 Å². The third-order valence-corrected chi connectivity index (χ3v) is 5.40. The first-order chi connectivity index (χ1) is 13.0. The molecule has 6 heteroatoms. The van der Waals surface area contributed by atoms with Crippen LogP contribution in [0.4, 0.5) is 5.69 Å². The quantitative estimate of drug-likeness (QED) is 0.537. The van der Waals surface area contributed by atoms with E-state index in [4.69, 9.17) is 5.73 Å². The van der Waals surface area contributed by atoms with Gasteiger partial charge in [-0.05, 0) is 36.1 Å². The molecule has 0 spiro atoms. The highest BCUT2D eigenvalue weighted by atomic mass is 32.2. The molecule has 1 aromatic heterocycles. The zero-order chi connectivity index (χ0) is 19.4. The topological polar surface area (TPSA) is 73.3 Å². The Balaban J connectivity index is 1.88. The summed E-state index contributed by atoms with van der Waals surface area (Å²) in [4.78, 5) is 21.8. The van der Waals surface area contributed by atoms with Gasteiger partial charge in [0.05, 0.1) is 22.3 Å². The van der Waals surface area contributed by atoms with Gasteiger partial charge in [0, 0.05) is 7.05 Å². The van der Waals surface area contributed by atoms with Crippen molar-refractivity contribution in [2.45, 2.75) is 32.4 Å². The minimum absolute atomic E-state index is 0.0451. The van der Waals surface area contributed by atoms with Crippen LogP contribution in [-0.2, 0) is 25.6 Å². The Labute approximate surface area is 163 Å². The fraction of sp³-hybridized carbons (Fsp3) is 0.286. The lowest BCUT2D eigenvalue weighted by Crippen LogP contribution is -2.22. The van der Waals surface area contributed by atoms with Gasteiger partial charge in [-0.15, -0.1) is 0 Å². The molecule has 0 amide bonds. The maximum absolute atomic E-state index is 12.5. The van der Waals surface area contributed by atoms with Crippen molar-refractivity contribution >= 4 is 33.5 Å². The van der Waals surface area contributed by atoms with E-state index in [2.05, 4.69) is 42.0 Å². The monoisotopic (exact) mass is 380 g/mol. The number of aliphatic imine (C=N–C) groups is 1. The van der Waals surface area contributed by atoms with Gasteiger partial charge in [0.2, 0.25) is 0 Å². The van der Waals surface area contributed by atoms with E-state index in [0.717, 1.165) is 18.5 Å². The number of nitrogens with zero attached hydrogens (tertiary/aromatic N) is 3. The van der Waals surface area contributed by atoms with Crippen molar-refractivity contribution in [3.63, 3.8) is 0 Å². The number of aromatic nitrogens is 2. The van der Waals surface area contributed by atoms with Crippen LogP contribution < -0.4 is 11.3 Å². The highest BCUT2D eigenvalue weighted by Gasteiger charge is 2.10. The molecule has 5 nitrogen and oxygen atoms in total. The first-order valence-corrected chi connectivity index (χ1v) is 10.1. The van der Waals surface area contributed by atoms with Gasteiger partial charge >= 0.3 is 0 Å². The Morgan fingerprint density at radius 2 is 1.78 bits per heavy atom. The Kier molecular flexibility index (Phi) is 5.96. The molecule has 0 bridgehead atoms.